The fourth-order valence-corrected chi connectivity index (χ4v) is 3.98. The number of furan rings is 1. The molecule has 3 heterocycles. The molecule has 10 heteroatoms. The minimum Gasteiger partial charge on any atom is -0.462 e. The third kappa shape index (κ3) is 4.67. The maximum absolute atomic E-state index is 12.5. The number of nitrogens with one attached hydrogen (secondary N) is 2. The number of hydrogen-bond acceptors (Lipinski definition) is 9. The van der Waals surface area contributed by atoms with Gasteiger partial charge in [0.05, 0.1) is 12.0 Å². The van der Waals surface area contributed by atoms with Crippen molar-refractivity contribution in [1.82, 2.24) is 15.2 Å². The van der Waals surface area contributed by atoms with Crippen LogP contribution < -0.4 is 16.4 Å². The highest BCUT2D eigenvalue weighted by molar-refractivity contribution is 7.18. The first kappa shape index (κ1) is 19.2. The number of hydrogen-bond donors (Lipinski definition) is 3. The van der Waals surface area contributed by atoms with Gasteiger partial charge in [0.25, 0.3) is 5.91 Å². The minimum atomic E-state index is -0.249. The third-order valence-corrected chi connectivity index (χ3v) is 5.63. The number of nitrogens with two attached hydrogens (primary N) is 1. The smallest absolute Gasteiger partial charge is 0.257 e. The molecule has 0 bridgehead atoms. The van der Waals surface area contributed by atoms with E-state index in [-0.39, 0.29) is 5.91 Å². The van der Waals surface area contributed by atoms with Crippen LogP contribution in [0.15, 0.2) is 52.5 Å². The second-order valence-electron chi connectivity index (χ2n) is 6.03. The van der Waals surface area contributed by atoms with Crippen molar-refractivity contribution >= 4 is 38.8 Å². The van der Waals surface area contributed by atoms with Crippen molar-refractivity contribution in [3.05, 3.63) is 53.6 Å². The Hall–Kier alpha value is -3.08. The molecule has 0 fully saturated rings. The second-order valence-corrected chi connectivity index (χ2v) is 7.86. The van der Waals surface area contributed by atoms with Gasteiger partial charge >= 0.3 is 0 Å². The molecule has 0 aliphatic heterocycles. The van der Waals surface area contributed by atoms with E-state index in [2.05, 4.69) is 25.8 Å². The maximum Gasteiger partial charge on any atom is 0.257 e. The molecule has 0 saturated carbocycles. The minimum absolute atomic E-state index is 0.249. The van der Waals surface area contributed by atoms with Crippen LogP contribution in [0.3, 0.4) is 0 Å². The summed E-state index contributed by atoms with van der Waals surface area (Å²) in [6.45, 7) is 1.45. The Morgan fingerprint density at radius 2 is 2.00 bits per heavy atom. The summed E-state index contributed by atoms with van der Waals surface area (Å²) in [6.07, 6.45) is 2.47. The molecule has 148 valence electrons. The molecule has 0 saturated heterocycles. The summed E-state index contributed by atoms with van der Waals surface area (Å²) >= 11 is 2.80. The second kappa shape index (κ2) is 8.95. The average Bonchev–Trinajstić information content (AvgIpc) is 3.50. The largest absolute Gasteiger partial charge is 0.462 e. The first-order valence-electron chi connectivity index (χ1n) is 8.91. The first-order chi connectivity index (χ1) is 14.2. The monoisotopic (exact) mass is 426 g/mol. The number of amides is 1. The molecule has 4 rings (SSSR count). The Morgan fingerprint density at radius 3 is 2.76 bits per heavy atom. The van der Waals surface area contributed by atoms with Gasteiger partial charge in [-0.3, -0.25) is 10.1 Å². The lowest BCUT2D eigenvalue weighted by Crippen LogP contribution is -2.11. The van der Waals surface area contributed by atoms with Crippen molar-refractivity contribution in [3.8, 4) is 22.0 Å². The van der Waals surface area contributed by atoms with Crippen LogP contribution in [0.25, 0.3) is 22.0 Å². The van der Waals surface area contributed by atoms with E-state index in [9.17, 15) is 4.79 Å². The highest BCUT2D eigenvalue weighted by Gasteiger charge is 2.13. The van der Waals surface area contributed by atoms with Gasteiger partial charge in [-0.25, -0.2) is 4.98 Å². The molecule has 0 aliphatic carbocycles. The van der Waals surface area contributed by atoms with Gasteiger partial charge in [-0.05, 0) is 37.2 Å². The molecular weight excluding hydrogens is 408 g/mol. The van der Waals surface area contributed by atoms with Crippen molar-refractivity contribution < 1.29 is 9.21 Å². The summed E-state index contributed by atoms with van der Waals surface area (Å²) in [7, 11) is 0. The lowest BCUT2D eigenvalue weighted by molar-refractivity contribution is 0.102. The van der Waals surface area contributed by atoms with Crippen molar-refractivity contribution in [2.45, 2.75) is 6.42 Å². The fraction of sp³-hybridized carbons (Fsp3) is 0.158. The maximum atomic E-state index is 12.5. The molecule has 4 N–H and O–H groups in total. The average molecular weight is 427 g/mol. The van der Waals surface area contributed by atoms with Crippen LogP contribution in [0.5, 0.6) is 0 Å². The number of anilines is 2. The molecule has 0 radical (unpaired) electrons. The molecule has 0 atom stereocenters. The zero-order valence-electron chi connectivity index (χ0n) is 15.3. The number of aromatic nitrogens is 3. The SMILES string of the molecule is NCCCNc1nc(-c2ccc(C(=O)Nc3nnc(-c4ccco4)s3)cc2)cs1. The van der Waals surface area contributed by atoms with Crippen LogP contribution in [0, 0.1) is 0 Å². The van der Waals surface area contributed by atoms with E-state index in [1.165, 1.54) is 11.3 Å². The van der Waals surface area contributed by atoms with Gasteiger partial charge in [0.2, 0.25) is 5.13 Å². The van der Waals surface area contributed by atoms with Crippen LogP contribution in [0.1, 0.15) is 16.8 Å². The lowest BCUT2D eigenvalue weighted by Gasteiger charge is -2.03. The molecule has 8 nitrogen and oxygen atoms in total. The molecule has 1 amide bonds. The first-order valence-corrected chi connectivity index (χ1v) is 10.6. The van der Waals surface area contributed by atoms with Crippen molar-refractivity contribution in [1.29, 1.82) is 0 Å². The van der Waals surface area contributed by atoms with Gasteiger partial charge in [0.1, 0.15) is 0 Å². The zero-order valence-corrected chi connectivity index (χ0v) is 16.9. The van der Waals surface area contributed by atoms with Crippen LogP contribution in [0.4, 0.5) is 10.3 Å². The van der Waals surface area contributed by atoms with Crippen molar-refractivity contribution in [2.24, 2.45) is 5.73 Å². The van der Waals surface area contributed by atoms with Gasteiger partial charge in [-0.1, -0.05) is 23.5 Å². The number of carbonyl (C=O) groups is 1. The van der Waals surface area contributed by atoms with Crippen LogP contribution in [-0.4, -0.2) is 34.2 Å². The molecule has 3 aromatic heterocycles. The predicted octanol–water partition coefficient (Wildman–Crippen LogP) is 3.93. The molecule has 0 aliphatic rings. The zero-order chi connectivity index (χ0) is 20.1. The standard InChI is InChI=1S/C19H18N6O2S2/c20-8-2-9-21-18-22-14(11-28-18)12-4-6-13(7-5-12)16(26)23-19-25-24-17(29-19)15-3-1-10-27-15/h1,3-7,10-11H,2,8-9,20H2,(H,21,22)(H,23,25,26). The number of thiazole rings is 1. The lowest BCUT2D eigenvalue weighted by atomic mass is 10.1. The van der Waals surface area contributed by atoms with E-state index in [4.69, 9.17) is 10.2 Å². The van der Waals surface area contributed by atoms with Crippen molar-refractivity contribution in [2.75, 3.05) is 23.7 Å². The highest BCUT2D eigenvalue weighted by atomic mass is 32.1. The normalized spacial score (nSPS) is 10.8. The number of benzene rings is 1. The van der Waals surface area contributed by atoms with Gasteiger partial charge in [0.15, 0.2) is 15.9 Å². The van der Waals surface area contributed by atoms with Gasteiger partial charge in [-0.15, -0.1) is 21.5 Å². The summed E-state index contributed by atoms with van der Waals surface area (Å²) in [5.41, 5.74) is 7.84. The Kier molecular flexibility index (Phi) is 5.94. The van der Waals surface area contributed by atoms with E-state index in [0.29, 0.717) is 28.0 Å². The number of nitrogens with zero attached hydrogens (tertiary/aromatic N) is 3. The highest BCUT2D eigenvalue weighted by Crippen LogP contribution is 2.27. The number of rotatable bonds is 8. The van der Waals surface area contributed by atoms with E-state index in [0.717, 1.165) is 29.4 Å². The molecular formula is C19H18N6O2S2. The summed E-state index contributed by atoms with van der Waals surface area (Å²) in [5.74, 6) is 0.369. The Balaban J connectivity index is 1.39. The Morgan fingerprint density at radius 1 is 1.14 bits per heavy atom. The molecule has 1 aromatic carbocycles. The summed E-state index contributed by atoms with van der Waals surface area (Å²) < 4.78 is 5.29. The molecule has 0 spiro atoms. The third-order valence-electron chi connectivity index (χ3n) is 3.98. The molecule has 29 heavy (non-hydrogen) atoms. The number of carbonyl (C=O) groups excluding carboxylic acids is 1. The van der Waals surface area contributed by atoms with E-state index < -0.39 is 0 Å². The van der Waals surface area contributed by atoms with Crippen LogP contribution >= 0.6 is 22.7 Å². The van der Waals surface area contributed by atoms with E-state index in [1.807, 2.05) is 17.5 Å². The quantitative estimate of drug-likeness (QED) is 0.365. The fourth-order valence-electron chi connectivity index (χ4n) is 2.52. The molecule has 4 aromatic rings. The Bertz CT molecular complexity index is 1070. The van der Waals surface area contributed by atoms with Crippen molar-refractivity contribution in [3.63, 3.8) is 0 Å². The summed E-state index contributed by atoms with van der Waals surface area (Å²) in [6, 6.07) is 10.9. The Labute approximate surface area is 174 Å². The summed E-state index contributed by atoms with van der Waals surface area (Å²) in [4.78, 5) is 17.0. The van der Waals surface area contributed by atoms with E-state index in [1.54, 1.807) is 41.9 Å². The van der Waals surface area contributed by atoms with Gasteiger partial charge in [0, 0.05) is 23.1 Å². The summed E-state index contributed by atoms with van der Waals surface area (Å²) in [5, 5.41) is 17.9. The van der Waals surface area contributed by atoms with Crippen LogP contribution in [-0.2, 0) is 0 Å². The van der Waals surface area contributed by atoms with Crippen LogP contribution in [0.2, 0.25) is 0 Å². The van der Waals surface area contributed by atoms with Gasteiger partial charge in [-0.2, -0.15) is 0 Å². The molecule has 0 unspecified atom stereocenters. The topological polar surface area (TPSA) is 119 Å². The predicted molar refractivity (Wildman–Crippen MR) is 115 cm³/mol. The van der Waals surface area contributed by atoms with E-state index >= 15 is 0 Å². The van der Waals surface area contributed by atoms with Gasteiger partial charge < -0.3 is 15.5 Å².